The van der Waals surface area contributed by atoms with Crippen LogP contribution in [0.5, 0.6) is 5.75 Å². The van der Waals surface area contributed by atoms with Crippen LogP contribution >= 0.6 is 0 Å². The van der Waals surface area contributed by atoms with E-state index in [0.29, 0.717) is 17.9 Å². The molecular formula is C33H48O2. The second-order valence-corrected chi connectivity index (χ2v) is 14.3. The summed E-state index contributed by atoms with van der Waals surface area (Å²) in [7, 11) is 0. The first-order valence-electron chi connectivity index (χ1n) is 15.5. The molecule has 3 atom stereocenters. The van der Waals surface area contributed by atoms with Gasteiger partial charge in [-0.15, -0.1) is 0 Å². The molecule has 0 spiro atoms. The Labute approximate surface area is 213 Å². The normalized spacial score (nSPS) is 45.5. The van der Waals surface area contributed by atoms with Gasteiger partial charge in [-0.05, 0) is 148 Å². The summed E-state index contributed by atoms with van der Waals surface area (Å²) in [6.07, 6.45) is 16.2. The van der Waals surface area contributed by atoms with E-state index in [1.54, 1.807) is 0 Å². The largest absolute Gasteiger partial charge is 0.465 e. The predicted octanol–water partition coefficient (Wildman–Crippen LogP) is 8.45. The molecule has 2 nitrogen and oxygen atoms in total. The van der Waals surface area contributed by atoms with Crippen LogP contribution in [0, 0.1) is 59.2 Å². The van der Waals surface area contributed by atoms with E-state index in [2.05, 4.69) is 45.0 Å². The van der Waals surface area contributed by atoms with E-state index in [-0.39, 0.29) is 6.29 Å². The molecule has 1 aromatic rings. The smallest absolute Gasteiger partial charge is 0.202 e. The molecule has 8 aliphatic rings. The number of hydrogen-bond acceptors (Lipinski definition) is 2. The highest BCUT2D eigenvalue weighted by molar-refractivity contribution is 5.29. The third-order valence-corrected chi connectivity index (χ3v) is 12.1. The maximum Gasteiger partial charge on any atom is 0.202 e. The Bertz CT molecular complexity index is 833. The van der Waals surface area contributed by atoms with Gasteiger partial charge in [0.2, 0.25) is 6.29 Å². The highest BCUT2D eigenvalue weighted by Gasteiger charge is 2.53. The fourth-order valence-corrected chi connectivity index (χ4v) is 10.8. The van der Waals surface area contributed by atoms with E-state index in [9.17, 15) is 0 Å². The summed E-state index contributed by atoms with van der Waals surface area (Å²) in [5.74, 6) is 10.4. The van der Waals surface area contributed by atoms with Gasteiger partial charge >= 0.3 is 0 Å². The van der Waals surface area contributed by atoms with E-state index in [1.807, 2.05) is 0 Å². The van der Waals surface area contributed by atoms with E-state index in [4.69, 9.17) is 9.47 Å². The molecule has 8 fully saturated rings. The number of rotatable bonds is 8. The molecule has 0 aliphatic heterocycles. The molecule has 2 heteroatoms. The van der Waals surface area contributed by atoms with Crippen molar-refractivity contribution in [1.29, 1.82) is 0 Å². The van der Waals surface area contributed by atoms with Crippen molar-refractivity contribution in [2.75, 3.05) is 0 Å². The summed E-state index contributed by atoms with van der Waals surface area (Å²) in [5, 5.41) is 0. The average Bonchev–Trinajstić information content (AvgIpc) is 2.84. The van der Waals surface area contributed by atoms with Gasteiger partial charge in [-0.25, -0.2) is 0 Å². The topological polar surface area (TPSA) is 18.5 Å². The van der Waals surface area contributed by atoms with Gasteiger partial charge in [0.1, 0.15) is 5.75 Å². The summed E-state index contributed by atoms with van der Waals surface area (Å²) in [6.45, 7) is 7.10. The molecule has 3 unspecified atom stereocenters. The minimum absolute atomic E-state index is 0.0884. The Kier molecular flexibility index (Phi) is 5.99. The molecular weight excluding hydrogens is 428 g/mol. The number of benzene rings is 1. The molecule has 8 saturated carbocycles. The molecule has 35 heavy (non-hydrogen) atoms. The standard InChI is InChI=1S/C33H48O2/c1-4-19(2)25-5-7-30(8-6-25)34-33(35-32-28-15-23-10-24(17-28)18-29(32)16-23)20(3)31-26-11-21-9-22(13-26)14-27(31)12-21/h5-8,19-24,26-29,31-33H,4,9-18H2,1-3H3. The van der Waals surface area contributed by atoms with Crippen LogP contribution in [-0.2, 0) is 4.74 Å². The number of hydrogen-bond donors (Lipinski definition) is 0. The molecule has 0 amide bonds. The van der Waals surface area contributed by atoms with E-state index >= 15 is 0 Å². The zero-order valence-corrected chi connectivity index (χ0v) is 22.4. The molecule has 8 aliphatic carbocycles. The zero-order chi connectivity index (χ0) is 23.7. The monoisotopic (exact) mass is 476 g/mol. The fraction of sp³-hybridized carbons (Fsp3) is 0.818. The summed E-state index contributed by atoms with van der Waals surface area (Å²) < 4.78 is 14.1. The summed E-state index contributed by atoms with van der Waals surface area (Å²) in [5.41, 5.74) is 1.42. The van der Waals surface area contributed by atoms with Crippen molar-refractivity contribution in [3.05, 3.63) is 29.8 Å². The van der Waals surface area contributed by atoms with Crippen molar-refractivity contribution in [3.8, 4) is 5.75 Å². The van der Waals surface area contributed by atoms with Crippen LogP contribution in [0.2, 0.25) is 0 Å². The molecule has 0 heterocycles. The molecule has 0 saturated heterocycles. The van der Waals surface area contributed by atoms with Gasteiger partial charge in [0.15, 0.2) is 0 Å². The van der Waals surface area contributed by atoms with Gasteiger partial charge in [0.05, 0.1) is 6.10 Å². The van der Waals surface area contributed by atoms with Crippen molar-refractivity contribution in [3.63, 3.8) is 0 Å². The maximum absolute atomic E-state index is 7.23. The Morgan fingerprint density at radius 3 is 1.66 bits per heavy atom. The first-order valence-corrected chi connectivity index (χ1v) is 15.5. The third-order valence-electron chi connectivity index (χ3n) is 12.1. The second-order valence-electron chi connectivity index (χ2n) is 14.3. The molecule has 1 aromatic carbocycles. The van der Waals surface area contributed by atoms with Crippen LogP contribution in [0.25, 0.3) is 0 Å². The van der Waals surface area contributed by atoms with Crippen LogP contribution in [0.15, 0.2) is 24.3 Å². The van der Waals surface area contributed by atoms with E-state index < -0.39 is 0 Å². The average molecular weight is 477 g/mol. The highest BCUT2D eigenvalue weighted by atomic mass is 16.7. The quantitative estimate of drug-likeness (QED) is 0.350. The third kappa shape index (κ3) is 4.18. The summed E-state index contributed by atoms with van der Waals surface area (Å²) >= 11 is 0. The van der Waals surface area contributed by atoms with Gasteiger partial charge in [-0.2, -0.15) is 0 Å². The Balaban J connectivity index is 1.13. The SMILES string of the molecule is CCC(C)c1ccc(OC(OC2C3CC4CC(C3)CC2C4)C(C)C2C3CC4CC(C3)CC2C4)cc1. The zero-order valence-electron chi connectivity index (χ0n) is 22.4. The minimum Gasteiger partial charge on any atom is -0.465 e. The van der Waals surface area contributed by atoms with Crippen LogP contribution in [0.4, 0.5) is 0 Å². The van der Waals surface area contributed by atoms with Gasteiger partial charge < -0.3 is 9.47 Å². The summed E-state index contributed by atoms with van der Waals surface area (Å²) in [6, 6.07) is 9.02. The lowest BCUT2D eigenvalue weighted by Crippen LogP contribution is -2.54. The van der Waals surface area contributed by atoms with Crippen molar-refractivity contribution in [2.45, 2.75) is 110 Å². The first-order chi connectivity index (χ1) is 17.0. The Morgan fingerprint density at radius 2 is 1.17 bits per heavy atom. The molecule has 192 valence electrons. The first kappa shape index (κ1) is 23.1. The van der Waals surface area contributed by atoms with Crippen LogP contribution in [0.1, 0.15) is 103 Å². The lowest BCUT2D eigenvalue weighted by atomic mass is 9.49. The molecule has 0 radical (unpaired) electrons. The predicted molar refractivity (Wildman–Crippen MR) is 141 cm³/mol. The van der Waals surface area contributed by atoms with E-state index in [1.165, 1.54) is 76.2 Å². The van der Waals surface area contributed by atoms with Crippen molar-refractivity contribution < 1.29 is 9.47 Å². The van der Waals surface area contributed by atoms with Gasteiger partial charge in [-0.3, -0.25) is 0 Å². The van der Waals surface area contributed by atoms with Crippen molar-refractivity contribution in [1.82, 2.24) is 0 Å². The van der Waals surface area contributed by atoms with Crippen LogP contribution in [-0.4, -0.2) is 12.4 Å². The molecule has 0 N–H and O–H groups in total. The Hall–Kier alpha value is -1.02. The minimum atomic E-state index is -0.0884. The van der Waals surface area contributed by atoms with Gasteiger partial charge in [0, 0.05) is 5.92 Å². The van der Waals surface area contributed by atoms with Gasteiger partial charge in [-0.1, -0.05) is 32.9 Å². The van der Waals surface area contributed by atoms with Gasteiger partial charge in [0.25, 0.3) is 0 Å². The van der Waals surface area contributed by atoms with Crippen molar-refractivity contribution in [2.24, 2.45) is 59.2 Å². The van der Waals surface area contributed by atoms with Crippen LogP contribution < -0.4 is 4.74 Å². The fourth-order valence-electron chi connectivity index (χ4n) is 10.8. The van der Waals surface area contributed by atoms with E-state index in [0.717, 1.165) is 59.0 Å². The van der Waals surface area contributed by atoms with Crippen LogP contribution in [0.3, 0.4) is 0 Å². The number of ether oxygens (including phenoxy) is 2. The molecule has 8 bridgehead atoms. The second kappa shape index (κ2) is 9.07. The Morgan fingerprint density at radius 1 is 0.686 bits per heavy atom. The summed E-state index contributed by atoms with van der Waals surface area (Å²) in [4.78, 5) is 0. The lowest BCUT2D eigenvalue weighted by molar-refractivity contribution is -0.229. The molecule has 9 rings (SSSR count). The maximum atomic E-state index is 7.23. The highest BCUT2D eigenvalue weighted by Crippen LogP contribution is 2.60. The lowest BCUT2D eigenvalue weighted by Gasteiger charge is -2.57. The van der Waals surface area contributed by atoms with Crippen molar-refractivity contribution >= 4 is 0 Å². The molecule has 0 aromatic heterocycles.